The lowest BCUT2D eigenvalue weighted by molar-refractivity contribution is 0.103. The number of hydrogen-bond donors (Lipinski definition) is 2. The summed E-state index contributed by atoms with van der Waals surface area (Å²) < 4.78 is 0. The minimum atomic E-state index is -0.433. The number of nitrogens with one attached hydrogen (secondary N) is 2. The lowest BCUT2D eigenvalue weighted by Crippen LogP contribution is -2.21. The Balaban J connectivity index is 1.86. The summed E-state index contributed by atoms with van der Waals surface area (Å²) in [5, 5.41) is 7.64. The molecule has 0 fully saturated rings. The molecule has 0 saturated carbocycles. The lowest BCUT2D eigenvalue weighted by Gasteiger charge is -2.11. The lowest BCUT2D eigenvalue weighted by atomic mass is 10.0. The maximum Gasteiger partial charge on any atom is 0.325 e. The van der Waals surface area contributed by atoms with E-state index in [1.807, 2.05) is 31.2 Å². The van der Waals surface area contributed by atoms with Crippen molar-refractivity contribution < 1.29 is 9.59 Å². The van der Waals surface area contributed by atoms with E-state index in [0.717, 1.165) is 5.56 Å². The van der Waals surface area contributed by atoms with Crippen LogP contribution in [0.5, 0.6) is 0 Å². The third kappa shape index (κ3) is 3.67. The van der Waals surface area contributed by atoms with Crippen LogP contribution in [0.1, 0.15) is 21.5 Å². The zero-order chi connectivity index (χ0) is 16.9. The van der Waals surface area contributed by atoms with Crippen LogP contribution < -0.4 is 10.6 Å². The van der Waals surface area contributed by atoms with Crippen LogP contribution in [0.15, 0.2) is 60.1 Å². The second kappa shape index (κ2) is 7.06. The highest BCUT2D eigenvalue weighted by Gasteiger charge is 2.15. The molecule has 0 bridgehead atoms. The Hall–Kier alpha value is -2.99. The SMILES string of the molecule is Cc1ccc(C(=O)c2ccccc2)c(NC(=O)Nc2nccs2)c1. The highest BCUT2D eigenvalue weighted by molar-refractivity contribution is 7.13. The third-order valence-corrected chi connectivity index (χ3v) is 4.05. The smallest absolute Gasteiger partial charge is 0.307 e. The summed E-state index contributed by atoms with van der Waals surface area (Å²) in [7, 11) is 0. The van der Waals surface area contributed by atoms with E-state index in [2.05, 4.69) is 15.6 Å². The summed E-state index contributed by atoms with van der Waals surface area (Å²) in [6.07, 6.45) is 1.61. The van der Waals surface area contributed by atoms with Crippen molar-refractivity contribution in [1.29, 1.82) is 0 Å². The van der Waals surface area contributed by atoms with Crippen LogP contribution in [0, 0.1) is 6.92 Å². The van der Waals surface area contributed by atoms with Gasteiger partial charge in [0.15, 0.2) is 10.9 Å². The van der Waals surface area contributed by atoms with Crippen LogP contribution in [-0.2, 0) is 0 Å². The Morgan fingerprint density at radius 2 is 1.83 bits per heavy atom. The first-order valence-corrected chi connectivity index (χ1v) is 8.19. The van der Waals surface area contributed by atoms with Crippen LogP contribution in [0.3, 0.4) is 0 Å². The number of ketones is 1. The van der Waals surface area contributed by atoms with Crippen LogP contribution in [-0.4, -0.2) is 16.8 Å². The molecule has 0 aliphatic rings. The van der Waals surface area contributed by atoms with Gasteiger partial charge < -0.3 is 5.32 Å². The Bertz CT molecular complexity index is 861. The molecule has 0 unspecified atom stereocenters. The van der Waals surface area contributed by atoms with E-state index in [-0.39, 0.29) is 5.78 Å². The van der Waals surface area contributed by atoms with Crippen LogP contribution in [0.25, 0.3) is 0 Å². The zero-order valence-electron chi connectivity index (χ0n) is 12.9. The molecule has 3 rings (SSSR count). The van der Waals surface area contributed by atoms with Gasteiger partial charge in [-0.3, -0.25) is 10.1 Å². The quantitative estimate of drug-likeness (QED) is 0.696. The fourth-order valence-corrected chi connectivity index (χ4v) is 2.76. The number of thiazole rings is 1. The molecule has 24 heavy (non-hydrogen) atoms. The normalized spacial score (nSPS) is 10.2. The van der Waals surface area contributed by atoms with Gasteiger partial charge in [0.2, 0.25) is 0 Å². The molecule has 2 amide bonds. The molecule has 5 nitrogen and oxygen atoms in total. The van der Waals surface area contributed by atoms with E-state index in [0.29, 0.717) is 21.9 Å². The Morgan fingerprint density at radius 1 is 1.04 bits per heavy atom. The van der Waals surface area contributed by atoms with Crippen molar-refractivity contribution in [1.82, 2.24) is 4.98 Å². The molecular weight excluding hydrogens is 322 g/mol. The van der Waals surface area contributed by atoms with Crippen LogP contribution in [0.4, 0.5) is 15.6 Å². The van der Waals surface area contributed by atoms with Crippen molar-refractivity contribution in [3.63, 3.8) is 0 Å². The van der Waals surface area contributed by atoms with Gasteiger partial charge in [-0.25, -0.2) is 9.78 Å². The van der Waals surface area contributed by atoms with Gasteiger partial charge in [-0.2, -0.15) is 0 Å². The highest BCUT2D eigenvalue weighted by Crippen LogP contribution is 2.22. The molecule has 6 heteroatoms. The second-order valence-electron chi connectivity index (χ2n) is 5.16. The topological polar surface area (TPSA) is 71.1 Å². The molecule has 0 spiro atoms. The summed E-state index contributed by atoms with van der Waals surface area (Å²) in [6.45, 7) is 1.90. The number of carbonyl (C=O) groups excluding carboxylic acids is 2. The van der Waals surface area contributed by atoms with Gasteiger partial charge in [0.25, 0.3) is 0 Å². The number of aromatic nitrogens is 1. The molecule has 0 radical (unpaired) electrons. The standard InChI is InChI=1S/C18H15N3O2S/c1-12-7-8-14(16(22)13-5-3-2-4-6-13)15(11-12)20-17(23)21-18-19-9-10-24-18/h2-11H,1H3,(H2,19,20,21,23). The number of anilines is 2. The number of carbonyl (C=O) groups is 2. The van der Waals surface area contributed by atoms with Crippen molar-refractivity contribution in [3.05, 3.63) is 76.8 Å². The maximum atomic E-state index is 12.7. The molecule has 3 aromatic rings. The van der Waals surface area contributed by atoms with Crippen molar-refractivity contribution in [2.45, 2.75) is 6.92 Å². The third-order valence-electron chi connectivity index (χ3n) is 3.36. The average Bonchev–Trinajstić information content (AvgIpc) is 3.08. The van der Waals surface area contributed by atoms with Crippen molar-refractivity contribution in [2.75, 3.05) is 10.6 Å². The molecule has 2 aromatic carbocycles. The molecule has 0 atom stereocenters. The fraction of sp³-hybridized carbons (Fsp3) is 0.0556. The largest absolute Gasteiger partial charge is 0.325 e. The van der Waals surface area contributed by atoms with Crippen molar-refractivity contribution in [3.8, 4) is 0 Å². The molecule has 1 aromatic heterocycles. The first-order valence-electron chi connectivity index (χ1n) is 7.31. The molecule has 2 N–H and O–H groups in total. The summed E-state index contributed by atoms with van der Waals surface area (Å²) in [4.78, 5) is 28.8. The zero-order valence-corrected chi connectivity index (χ0v) is 13.8. The minimum absolute atomic E-state index is 0.139. The Kier molecular flexibility index (Phi) is 4.67. The van der Waals surface area contributed by atoms with Gasteiger partial charge >= 0.3 is 6.03 Å². The van der Waals surface area contributed by atoms with Gasteiger partial charge in [0.05, 0.1) is 5.69 Å². The maximum absolute atomic E-state index is 12.7. The van der Waals surface area contributed by atoms with E-state index < -0.39 is 6.03 Å². The number of rotatable bonds is 4. The first kappa shape index (κ1) is 15.9. The van der Waals surface area contributed by atoms with Crippen molar-refractivity contribution >= 4 is 34.0 Å². The van der Waals surface area contributed by atoms with Crippen molar-refractivity contribution in [2.24, 2.45) is 0 Å². The molecule has 0 saturated heterocycles. The summed E-state index contributed by atoms with van der Waals surface area (Å²) in [6, 6.07) is 13.9. The number of amides is 2. The predicted octanol–water partition coefficient (Wildman–Crippen LogP) is 4.33. The fourth-order valence-electron chi connectivity index (χ4n) is 2.24. The molecular formula is C18H15N3O2S. The Labute approximate surface area is 143 Å². The second-order valence-corrected chi connectivity index (χ2v) is 6.06. The Morgan fingerprint density at radius 3 is 2.54 bits per heavy atom. The first-order chi connectivity index (χ1) is 11.6. The minimum Gasteiger partial charge on any atom is -0.307 e. The molecule has 0 aliphatic carbocycles. The summed E-state index contributed by atoms with van der Waals surface area (Å²) >= 11 is 1.32. The van der Waals surface area contributed by atoms with Gasteiger partial charge in [-0.05, 0) is 24.6 Å². The van der Waals surface area contributed by atoms with E-state index in [1.165, 1.54) is 11.3 Å². The number of urea groups is 1. The molecule has 120 valence electrons. The van der Waals surface area contributed by atoms with Crippen LogP contribution >= 0.6 is 11.3 Å². The van der Waals surface area contributed by atoms with E-state index >= 15 is 0 Å². The number of benzene rings is 2. The predicted molar refractivity (Wildman–Crippen MR) is 95.8 cm³/mol. The number of aryl methyl sites for hydroxylation is 1. The molecule has 1 heterocycles. The summed E-state index contributed by atoms with van der Waals surface area (Å²) in [5.41, 5.74) is 2.44. The monoisotopic (exact) mass is 337 g/mol. The van der Waals surface area contributed by atoms with E-state index in [1.54, 1.807) is 35.8 Å². The number of nitrogens with zero attached hydrogens (tertiary/aromatic N) is 1. The van der Waals surface area contributed by atoms with E-state index in [4.69, 9.17) is 0 Å². The van der Waals surface area contributed by atoms with Crippen LogP contribution in [0.2, 0.25) is 0 Å². The van der Waals surface area contributed by atoms with Gasteiger partial charge in [0.1, 0.15) is 0 Å². The van der Waals surface area contributed by atoms with Gasteiger partial charge in [0, 0.05) is 22.7 Å². The summed E-state index contributed by atoms with van der Waals surface area (Å²) in [5.74, 6) is -0.139. The van der Waals surface area contributed by atoms with Gasteiger partial charge in [-0.1, -0.05) is 36.4 Å². The number of hydrogen-bond acceptors (Lipinski definition) is 4. The average molecular weight is 337 g/mol. The van der Waals surface area contributed by atoms with Gasteiger partial charge in [-0.15, -0.1) is 11.3 Å². The van der Waals surface area contributed by atoms with E-state index in [9.17, 15) is 9.59 Å². The highest BCUT2D eigenvalue weighted by atomic mass is 32.1. The molecule has 0 aliphatic heterocycles.